The standard InChI is InChI=1S/C45H70N7O19P3/c1-43(2,18-9-6-5-7-12-30-14-11-15-31(24-30)13-8-10-19-45(20-21-45)66-29-53)33(54)16-22-47-34(55)17-23-48-41(58)38(57)44(3,4)26-68-74(64,65)71-73(62,63)67-25-32-37(70-72(59,60)61)36(56)42(69-32)52-28-51-35-39(46)49-27-50-40(35)52/h11,14-15,24,27-29,32,36-38,42,56-57H,5-10,12-13,16-23,25-26H2,1-4H3,(H,47,55)(H,48,58)(H,62,63)(H,64,65)(H2,46,49,50)(H2,59,60,61)/p-4. The first-order valence-electron chi connectivity index (χ1n) is 24.2. The predicted molar refractivity (Wildman–Crippen MR) is 254 cm³/mol. The number of carbonyl (C=O) groups is 4. The number of nitrogen functional groups attached to an aromatic ring is 1. The molecular weight excluding hydrogens is 1040 g/mol. The first kappa shape index (κ1) is 60.8. The number of imidazole rings is 1. The maximum Gasteiger partial charge on any atom is 0.293 e. The zero-order valence-electron chi connectivity index (χ0n) is 41.7. The number of rotatable bonds is 34. The van der Waals surface area contributed by atoms with Gasteiger partial charge in [-0.25, -0.2) is 19.3 Å². The Morgan fingerprint density at radius 1 is 0.932 bits per heavy atom. The summed E-state index contributed by atoms with van der Waals surface area (Å²) < 4.78 is 66.3. The Hall–Kier alpha value is -4.10. The molecule has 7 unspecified atom stereocenters. The number of hydrogen-bond donors (Lipinski definition) is 5. The van der Waals surface area contributed by atoms with E-state index >= 15 is 0 Å². The van der Waals surface area contributed by atoms with Crippen molar-refractivity contribution in [3.8, 4) is 0 Å². The quantitative estimate of drug-likeness (QED) is 0.0321. The molecule has 2 amide bonds. The molecule has 3 heterocycles. The van der Waals surface area contributed by atoms with E-state index < -0.39 is 90.0 Å². The van der Waals surface area contributed by atoms with Gasteiger partial charge in [-0.15, -0.1) is 0 Å². The highest BCUT2D eigenvalue weighted by atomic mass is 31.3. The van der Waals surface area contributed by atoms with Gasteiger partial charge in [0.05, 0.1) is 27.4 Å². The normalized spacial score (nSPS) is 20.8. The average molecular weight is 1100 g/mol. The van der Waals surface area contributed by atoms with Gasteiger partial charge in [0.25, 0.3) is 22.1 Å². The molecule has 5 rings (SSSR count). The lowest BCUT2D eigenvalue weighted by atomic mass is 9.81. The monoisotopic (exact) mass is 1100 g/mol. The van der Waals surface area contributed by atoms with Crippen molar-refractivity contribution in [1.82, 2.24) is 30.2 Å². The van der Waals surface area contributed by atoms with Crippen LogP contribution in [-0.4, -0.2) is 110 Å². The summed E-state index contributed by atoms with van der Waals surface area (Å²) >= 11 is 0. The molecule has 2 aliphatic rings. The average Bonchev–Trinajstić information content (AvgIpc) is 3.84. The van der Waals surface area contributed by atoms with E-state index in [1.165, 1.54) is 25.0 Å². The summed E-state index contributed by atoms with van der Waals surface area (Å²) in [5.74, 6) is -1.60. The number of nitrogens with two attached hydrogens (primary N) is 1. The molecule has 1 aromatic carbocycles. The number of nitrogens with zero attached hydrogens (tertiary/aromatic N) is 4. The Balaban J connectivity index is 0.945. The van der Waals surface area contributed by atoms with Crippen LogP contribution in [0.2, 0.25) is 0 Å². The number of benzene rings is 1. The Bertz CT molecular complexity index is 2540. The largest absolute Gasteiger partial charge is 0.790 e. The Kier molecular flexibility index (Phi) is 21.6. The number of aliphatic hydroxyl groups is 2. The van der Waals surface area contributed by atoms with Crippen molar-refractivity contribution in [2.75, 3.05) is 32.0 Å². The third-order valence-electron chi connectivity index (χ3n) is 12.9. The number of unbranched alkanes of at least 4 members (excludes halogenated alkanes) is 4. The highest BCUT2D eigenvalue weighted by Gasteiger charge is 2.48. The van der Waals surface area contributed by atoms with E-state index in [0.717, 1.165) is 87.9 Å². The van der Waals surface area contributed by atoms with Crippen molar-refractivity contribution < 1.29 is 90.0 Å². The van der Waals surface area contributed by atoms with Crippen LogP contribution in [0.4, 0.5) is 5.82 Å². The minimum Gasteiger partial charge on any atom is -0.790 e. The molecule has 3 aromatic rings. The number of phosphoric ester groups is 3. The highest BCUT2D eigenvalue weighted by Crippen LogP contribution is 2.56. The number of Topliss-reactive ketones (excluding diaryl/α,β-unsaturated/α-hetero) is 1. The number of anilines is 1. The molecular formula is C45H66N7O19P3-4. The third kappa shape index (κ3) is 18.6. The van der Waals surface area contributed by atoms with Crippen molar-refractivity contribution in [2.24, 2.45) is 10.8 Å². The summed E-state index contributed by atoms with van der Waals surface area (Å²) in [5, 5.41) is 26.5. The number of hydrogen-bond acceptors (Lipinski definition) is 23. The van der Waals surface area contributed by atoms with Crippen LogP contribution in [0.1, 0.15) is 122 Å². The lowest BCUT2D eigenvalue weighted by Crippen LogP contribution is -2.46. The van der Waals surface area contributed by atoms with Crippen molar-refractivity contribution in [1.29, 1.82) is 0 Å². The summed E-state index contributed by atoms with van der Waals surface area (Å²) in [4.78, 5) is 109. The van der Waals surface area contributed by atoms with Crippen LogP contribution in [0.3, 0.4) is 0 Å². The zero-order chi connectivity index (χ0) is 54.5. The lowest BCUT2D eigenvalue weighted by Gasteiger charge is -2.36. The fourth-order valence-corrected chi connectivity index (χ4v) is 11.1. The van der Waals surface area contributed by atoms with E-state index in [-0.39, 0.29) is 54.3 Å². The molecule has 74 heavy (non-hydrogen) atoms. The van der Waals surface area contributed by atoms with Crippen LogP contribution < -0.4 is 35.9 Å². The van der Waals surface area contributed by atoms with Gasteiger partial charge in [0.2, 0.25) is 11.8 Å². The predicted octanol–water partition coefficient (Wildman–Crippen LogP) is 1.47. The zero-order valence-corrected chi connectivity index (χ0v) is 44.4. The number of phosphoric acid groups is 3. The van der Waals surface area contributed by atoms with E-state index in [0.29, 0.717) is 12.9 Å². The second-order valence-corrected chi connectivity index (χ2v) is 23.9. The molecule has 1 aliphatic carbocycles. The van der Waals surface area contributed by atoms with Gasteiger partial charge in [0, 0.05) is 36.8 Å². The summed E-state index contributed by atoms with van der Waals surface area (Å²) in [6.45, 7) is 4.27. The van der Waals surface area contributed by atoms with Crippen molar-refractivity contribution in [3.05, 3.63) is 48.0 Å². The third-order valence-corrected chi connectivity index (χ3v) is 16.0. The van der Waals surface area contributed by atoms with Gasteiger partial charge in [-0.2, -0.15) is 0 Å². The molecule has 2 aromatic heterocycles. The van der Waals surface area contributed by atoms with Gasteiger partial charge in [0.1, 0.15) is 47.6 Å². The van der Waals surface area contributed by atoms with Crippen LogP contribution in [0.5, 0.6) is 0 Å². The van der Waals surface area contributed by atoms with E-state index in [9.17, 15) is 62.7 Å². The number of ketones is 1. The molecule has 1 aliphatic heterocycles. The number of carbonyl (C=O) groups excluding carboxylic acids is 4. The van der Waals surface area contributed by atoms with Crippen LogP contribution in [0.25, 0.3) is 11.2 Å². The molecule has 7 atom stereocenters. The topological polar surface area (TPSA) is 401 Å². The number of amides is 2. The fourth-order valence-electron chi connectivity index (χ4n) is 8.35. The Labute approximate surface area is 428 Å². The number of ether oxygens (including phenoxy) is 2. The van der Waals surface area contributed by atoms with Crippen LogP contribution >= 0.6 is 23.5 Å². The highest BCUT2D eigenvalue weighted by molar-refractivity contribution is 7.59. The second-order valence-electron chi connectivity index (χ2n) is 19.9. The van der Waals surface area contributed by atoms with Gasteiger partial charge in [0.15, 0.2) is 17.7 Å². The molecule has 0 radical (unpaired) electrons. The molecule has 414 valence electrons. The van der Waals surface area contributed by atoms with Gasteiger partial charge >= 0.3 is 0 Å². The maximum absolute atomic E-state index is 13.0. The Morgan fingerprint density at radius 2 is 1.58 bits per heavy atom. The molecule has 0 bridgehead atoms. The summed E-state index contributed by atoms with van der Waals surface area (Å²) in [7, 11) is -17.7. The fraction of sp³-hybridized carbons (Fsp3) is 0.667. The SMILES string of the molecule is CC(C)(CCCCCCc1cccc(CCCCC2(OC=O)CC2)c1)C(=O)CCNC(=O)CCNC(=O)C(O)C(C)(C)COP(=O)([O-])OP(=O)([O-])OCC1OC(n2cnc3c(N)ncnc32)C(O)C1OP(=O)([O-])[O-]. The van der Waals surface area contributed by atoms with Crippen LogP contribution in [0, 0.1) is 10.8 Å². The molecule has 1 saturated carbocycles. The van der Waals surface area contributed by atoms with Crippen molar-refractivity contribution in [3.63, 3.8) is 0 Å². The maximum atomic E-state index is 13.0. The number of nitrogens with one attached hydrogen (secondary N) is 2. The first-order chi connectivity index (χ1) is 34.7. The van der Waals surface area contributed by atoms with Crippen molar-refractivity contribution >= 4 is 64.5 Å². The van der Waals surface area contributed by atoms with E-state index in [2.05, 4.69) is 67.7 Å². The summed E-state index contributed by atoms with van der Waals surface area (Å²) in [6.07, 6.45) is 3.91. The van der Waals surface area contributed by atoms with E-state index in [4.69, 9.17) is 15.2 Å². The number of aryl methyl sites for hydroxylation is 2. The molecule has 0 spiro atoms. The van der Waals surface area contributed by atoms with E-state index in [1.54, 1.807) is 0 Å². The molecule has 26 nitrogen and oxygen atoms in total. The van der Waals surface area contributed by atoms with Crippen LogP contribution in [-0.2, 0) is 73.1 Å². The molecule has 6 N–H and O–H groups in total. The minimum atomic E-state index is -5.94. The number of aliphatic hydroxyl groups excluding tert-OH is 2. The van der Waals surface area contributed by atoms with Crippen molar-refractivity contribution in [2.45, 2.75) is 154 Å². The summed E-state index contributed by atoms with van der Waals surface area (Å²) in [5.41, 5.74) is 5.88. The second kappa shape index (κ2) is 26.3. The van der Waals surface area contributed by atoms with Gasteiger partial charge in [-0.3, -0.25) is 32.9 Å². The smallest absolute Gasteiger partial charge is 0.293 e. The van der Waals surface area contributed by atoms with Gasteiger partial charge in [-0.05, 0) is 68.9 Å². The minimum absolute atomic E-state index is 0.00476. The first-order valence-corrected chi connectivity index (χ1v) is 28.6. The van der Waals surface area contributed by atoms with Gasteiger partial charge < -0.3 is 73.8 Å². The molecule has 29 heteroatoms. The number of aromatic nitrogens is 4. The van der Waals surface area contributed by atoms with Gasteiger partial charge in [-0.1, -0.05) is 71.2 Å². The lowest BCUT2D eigenvalue weighted by molar-refractivity contribution is -0.347. The molecule has 1 saturated heterocycles. The number of fused-ring (bicyclic) bond motifs is 1. The molecule has 2 fully saturated rings. The van der Waals surface area contributed by atoms with Crippen LogP contribution in [0.15, 0.2) is 36.9 Å². The van der Waals surface area contributed by atoms with E-state index in [1.807, 2.05) is 13.8 Å². The Morgan fingerprint density at radius 3 is 2.24 bits per heavy atom. The summed E-state index contributed by atoms with van der Waals surface area (Å²) in [6, 6.07) is 8.66.